The van der Waals surface area contributed by atoms with Crippen molar-refractivity contribution in [1.82, 2.24) is 0 Å². The van der Waals surface area contributed by atoms with Gasteiger partial charge in [0.05, 0.1) is 19.3 Å². The van der Waals surface area contributed by atoms with Crippen LogP contribution in [0.1, 0.15) is 31.7 Å². The summed E-state index contributed by atoms with van der Waals surface area (Å²) in [6, 6.07) is 7.30. The number of hydrogen-bond acceptors (Lipinski definition) is 7. The molecule has 0 unspecified atom stereocenters. The summed E-state index contributed by atoms with van der Waals surface area (Å²) in [4.78, 5) is 23.5. The van der Waals surface area contributed by atoms with E-state index in [-0.39, 0.29) is 6.10 Å². The Hall–Kier alpha value is -2.64. The molecule has 5 atom stereocenters. The van der Waals surface area contributed by atoms with Crippen molar-refractivity contribution >= 4 is 18.0 Å². The van der Waals surface area contributed by atoms with Crippen molar-refractivity contribution in [2.24, 2.45) is 0 Å². The van der Waals surface area contributed by atoms with Crippen LogP contribution in [-0.2, 0) is 23.8 Å². The lowest BCUT2D eigenvalue weighted by atomic mass is 10.0. The van der Waals surface area contributed by atoms with E-state index >= 15 is 0 Å². The van der Waals surface area contributed by atoms with Crippen molar-refractivity contribution in [2.75, 3.05) is 7.11 Å². The van der Waals surface area contributed by atoms with E-state index in [1.54, 1.807) is 26.2 Å². The fraction of sp³-hybridized carbons (Fsp3) is 0.455. The zero-order valence-corrected chi connectivity index (χ0v) is 16.5. The van der Waals surface area contributed by atoms with E-state index < -0.39 is 36.4 Å². The second kappa shape index (κ2) is 9.71. The number of aliphatic hydroxyl groups excluding tert-OH is 1. The molecule has 1 aromatic rings. The molecule has 7 heteroatoms. The molecule has 2 aliphatic rings. The number of cyclic esters (lactones) is 1. The Bertz CT molecular complexity index is 768. The fourth-order valence-electron chi connectivity index (χ4n) is 3.45. The quantitative estimate of drug-likeness (QED) is 0.553. The summed E-state index contributed by atoms with van der Waals surface area (Å²) < 4.78 is 21.6. The summed E-state index contributed by atoms with van der Waals surface area (Å²) in [5.41, 5.74) is 0.854. The number of methoxy groups -OCH3 is 1. The number of hydrogen-bond donors (Lipinski definition) is 1. The van der Waals surface area contributed by atoms with Crippen LogP contribution in [0.4, 0.5) is 0 Å². The molecule has 0 aromatic heterocycles. The van der Waals surface area contributed by atoms with E-state index in [2.05, 4.69) is 0 Å². The van der Waals surface area contributed by atoms with Crippen LogP contribution in [0.15, 0.2) is 42.5 Å². The molecule has 0 spiro atoms. The first kappa shape index (κ1) is 21.1. The van der Waals surface area contributed by atoms with Gasteiger partial charge in [-0.1, -0.05) is 18.2 Å². The van der Waals surface area contributed by atoms with E-state index in [9.17, 15) is 14.7 Å². The minimum Gasteiger partial charge on any atom is -0.497 e. The van der Waals surface area contributed by atoms with E-state index in [0.29, 0.717) is 19.3 Å². The van der Waals surface area contributed by atoms with Crippen LogP contribution >= 0.6 is 0 Å². The summed E-state index contributed by atoms with van der Waals surface area (Å²) in [7, 11) is 1.59. The summed E-state index contributed by atoms with van der Waals surface area (Å²) >= 11 is 0. The molecule has 1 N–H and O–H groups in total. The lowest BCUT2D eigenvalue weighted by Crippen LogP contribution is -2.41. The van der Waals surface area contributed by atoms with E-state index in [4.69, 9.17) is 18.9 Å². The van der Waals surface area contributed by atoms with Gasteiger partial charge in [-0.15, -0.1) is 0 Å². The number of rotatable bonds is 7. The van der Waals surface area contributed by atoms with Gasteiger partial charge in [-0.05, 0) is 43.5 Å². The van der Waals surface area contributed by atoms with Crippen LogP contribution < -0.4 is 4.74 Å². The summed E-state index contributed by atoms with van der Waals surface area (Å²) in [6.07, 6.45) is 5.02. The van der Waals surface area contributed by atoms with Crippen molar-refractivity contribution in [1.29, 1.82) is 0 Å². The maximum Gasteiger partial charge on any atom is 0.331 e. The summed E-state index contributed by atoms with van der Waals surface area (Å²) in [5, 5.41) is 10.5. The van der Waals surface area contributed by atoms with Gasteiger partial charge in [-0.2, -0.15) is 0 Å². The van der Waals surface area contributed by atoms with Crippen LogP contribution in [0, 0.1) is 0 Å². The highest BCUT2D eigenvalue weighted by molar-refractivity contribution is 5.87. The SMILES string of the molecule is COc1ccc(/C=C/C(=O)O[C@@H](C)[C@@H]2CC[C@H]([C@H](O)[C@H]3CC=CC(=O)O3)O2)cc1. The Kier molecular flexibility index (Phi) is 7.06. The normalized spacial score (nSPS) is 26.2. The average Bonchev–Trinajstić information content (AvgIpc) is 3.22. The van der Waals surface area contributed by atoms with E-state index in [0.717, 1.165) is 11.3 Å². The molecule has 1 saturated heterocycles. The number of benzene rings is 1. The highest BCUT2D eigenvalue weighted by Gasteiger charge is 2.39. The molecule has 1 fully saturated rings. The summed E-state index contributed by atoms with van der Waals surface area (Å²) in [5.74, 6) is -0.180. The van der Waals surface area contributed by atoms with Crippen LogP contribution in [0.5, 0.6) is 5.75 Å². The highest BCUT2D eigenvalue weighted by atomic mass is 16.6. The largest absolute Gasteiger partial charge is 0.497 e. The Morgan fingerprint density at radius 1 is 1.21 bits per heavy atom. The van der Waals surface area contributed by atoms with Gasteiger partial charge in [-0.25, -0.2) is 9.59 Å². The number of carbonyl (C=O) groups excluding carboxylic acids is 2. The second-order valence-electron chi connectivity index (χ2n) is 7.14. The molecule has 7 nitrogen and oxygen atoms in total. The first-order valence-electron chi connectivity index (χ1n) is 9.69. The topological polar surface area (TPSA) is 91.3 Å². The Morgan fingerprint density at radius 2 is 1.93 bits per heavy atom. The molecular weight excluding hydrogens is 376 g/mol. The third-order valence-electron chi connectivity index (χ3n) is 5.09. The number of aliphatic hydroxyl groups is 1. The molecular formula is C22H26O7. The minimum atomic E-state index is -0.910. The molecule has 3 rings (SSSR count). The van der Waals surface area contributed by atoms with Crippen molar-refractivity contribution in [3.8, 4) is 5.75 Å². The number of carbonyl (C=O) groups is 2. The third kappa shape index (κ3) is 5.68. The minimum absolute atomic E-state index is 0.317. The van der Waals surface area contributed by atoms with Gasteiger partial charge in [0.15, 0.2) is 0 Å². The standard InChI is InChI=1S/C22H26O7/c1-14(27-21(24)13-8-15-6-9-16(26-2)10-7-15)17-11-12-19(28-17)22(25)18-4-3-5-20(23)29-18/h3,5-10,13-14,17-19,22,25H,4,11-12H2,1-2H3/b13-8+/t14-,17-,18+,19+,22+/m0/s1. The van der Waals surface area contributed by atoms with Gasteiger partial charge < -0.3 is 24.1 Å². The molecule has 156 valence electrons. The molecule has 0 bridgehead atoms. The van der Waals surface area contributed by atoms with Gasteiger partial charge in [0.25, 0.3) is 0 Å². The molecule has 0 saturated carbocycles. The van der Waals surface area contributed by atoms with Crippen molar-refractivity contribution < 1.29 is 33.6 Å². The van der Waals surface area contributed by atoms with E-state index in [1.165, 1.54) is 12.2 Å². The molecule has 0 amide bonds. The molecule has 0 aliphatic carbocycles. The number of ether oxygens (including phenoxy) is 4. The first-order valence-corrected chi connectivity index (χ1v) is 9.69. The first-order chi connectivity index (χ1) is 14.0. The fourth-order valence-corrected chi connectivity index (χ4v) is 3.45. The van der Waals surface area contributed by atoms with E-state index in [1.807, 2.05) is 24.3 Å². The molecule has 2 aliphatic heterocycles. The van der Waals surface area contributed by atoms with Gasteiger partial charge in [0, 0.05) is 18.6 Å². The molecule has 1 aromatic carbocycles. The zero-order chi connectivity index (χ0) is 20.8. The van der Waals surface area contributed by atoms with Gasteiger partial charge in [0.1, 0.15) is 24.1 Å². The lowest BCUT2D eigenvalue weighted by molar-refractivity contribution is -0.164. The summed E-state index contributed by atoms with van der Waals surface area (Å²) in [6.45, 7) is 1.77. The third-order valence-corrected chi connectivity index (χ3v) is 5.09. The van der Waals surface area contributed by atoms with Gasteiger partial charge >= 0.3 is 11.9 Å². The lowest BCUT2D eigenvalue weighted by Gasteiger charge is -2.28. The predicted octanol–water partition coefficient (Wildman–Crippen LogP) is 2.42. The molecule has 29 heavy (non-hydrogen) atoms. The Labute approximate surface area is 169 Å². The molecule has 2 heterocycles. The van der Waals surface area contributed by atoms with Crippen molar-refractivity contribution in [3.05, 3.63) is 48.1 Å². The van der Waals surface area contributed by atoms with Crippen LogP contribution in [0.25, 0.3) is 6.08 Å². The van der Waals surface area contributed by atoms with Crippen LogP contribution in [-0.4, -0.2) is 54.7 Å². The number of esters is 2. The van der Waals surface area contributed by atoms with Gasteiger partial charge in [0.2, 0.25) is 0 Å². The predicted molar refractivity (Wildman–Crippen MR) is 105 cm³/mol. The smallest absolute Gasteiger partial charge is 0.331 e. The maximum atomic E-state index is 12.1. The van der Waals surface area contributed by atoms with Gasteiger partial charge in [-0.3, -0.25) is 0 Å². The highest BCUT2D eigenvalue weighted by Crippen LogP contribution is 2.29. The van der Waals surface area contributed by atoms with Crippen molar-refractivity contribution in [2.45, 2.75) is 56.7 Å². The Morgan fingerprint density at radius 3 is 2.62 bits per heavy atom. The zero-order valence-electron chi connectivity index (χ0n) is 16.5. The maximum absolute atomic E-state index is 12.1. The monoisotopic (exact) mass is 402 g/mol. The van der Waals surface area contributed by atoms with Crippen LogP contribution in [0.2, 0.25) is 0 Å². The van der Waals surface area contributed by atoms with Crippen LogP contribution in [0.3, 0.4) is 0 Å². The molecule has 0 radical (unpaired) electrons. The van der Waals surface area contributed by atoms with Crippen molar-refractivity contribution in [3.63, 3.8) is 0 Å². The average molecular weight is 402 g/mol. The second-order valence-corrected chi connectivity index (χ2v) is 7.14. The Balaban J connectivity index is 1.47.